The first kappa shape index (κ1) is 28.8. The average Bonchev–Trinajstić information content (AvgIpc) is 3.34. The van der Waals surface area contributed by atoms with E-state index >= 15 is 0 Å². The number of benzene rings is 2. The van der Waals surface area contributed by atoms with Gasteiger partial charge in [0.2, 0.25) is 0 Å². The Balaban J connectivity index is 1.91. The predicted octanol–water partition coefficient (Wildman–Crippen LogP) is 6.13. The van der Waals surface area contributed by atoms with Gasteiger partial charge in [-0.25, -0.2) is 14.0 Å². The molecule has 0 N–H and O–H groups in total. The van der Waals surface area contributed by atoms with Crippen molar-refractivity contribution in [2.75, 3.05) is 25.2 Å². The van der Waals surface area contributed by atoms with E-state index in [0.29, 0.717) is 31.7 Å². The molecule has 0 unspecified atom stereocenters. The lowest BCUT2D eigenvalue weighted by atomic mass is 9.82. The molecule has 0 radical (unpaired) electrons. The fourth-order valence-corrected chi connectivity index (χ4v) is 7.23. The molecule has 4 rings (SSSR count). The van der Waals surface area contributed by atoms with Crippen molar-refractivity contribution in [1.29, 1.82) is 0 Å². The molecule has 0 bridgehead atoms. The van der Waals surface area contributed by atoms with E-state index in [2.05, 4.69) is 0 Å². The summed E-state index contributed by atoms with van der Waals surface area (Å²) in [6.07, 6.45) is 0. The van der Waals surface area contributed by atoms with Crippen LogP contribution in [0.4, 0.5) is 10.1 Å². The molecule has 11 heteroatoms. The van der Waals surface area contributed by atoms with Crippen molar-refractivity contribution in [2.24, 2.45) is 0 Å². The Hall–Kier alpha value is -3.15. The quantitative estimate of drug-likeness (QED) is 0.225. The summed E-state index contributed by atoms with van der Waals surface area (Å²) in [5.41, 5.74) is 0.814. The summed E-state index contributed by atoms with van der Waals surface area (Å²) < 4.78 is 30.5. The van der Waals surface area contributed by atoms with Crippen molar-refractivity contribution in [1.82, 2.24) is 0 Å². The van der Waals surface area contributed by atoms with Crippen LogP contribution in [0.5, 0.6) is 5.75 Å². The van der Waals surface area contributed by atoms with Gasteiger partial charge in [-0.15, -0.1) is 0 Å². The van der Waals surface area contributed by atoms with Crippen molar-refractivity contribution in [3.8, 4) is 5.75 Å². The number of rotatable bonds is 6. The maximum Gasteiger partial charge on any atom is 0.346 e. The number of esters is 2. The number of amides is 1. The fourth-order valence-electron chi connectivity index (χ4n) is 4.25. The molecule has 0 saturated heterocycles. The number of nitrogens with zero attached hydrogens (tertiary/aromatic N) is 1. The van der Waals surface area contributed by atoms with Crippen LogP contribution in [0.3, 0.4) is 0 Å². The topological polar surface area (TPSA) is 82.1 Å². The van der Waals surface area contributed by atoms with Gasteiger partial charge in [0.15, 0.2) is 0 Å². The normalized spacial score (nSPS) is 16.3. The second-order valence-electron chi connectivity index (χ2n) is 8.89. The van der Waals surface area contributed by atoms with Gasteiger partial charge in [-0.1, -0.05) is 41.8 Å². The summed E-state index contributed by atoms with van der Waals surface area (Å²) in [5.74, 6) is -1.71. The monoisotopic (exact) mass is 587 g/mol. The number of thiocarbonyl (C=S) groups is 1. The molecule has 39 heavy (non-hydrogen) atoms. The minimum atomic E-state index is -1.04. The van der Waals surface area contributed by atoms with E-state index < -0.39 is 29.2 Å². The molecule has 2 aliphatic heterocycles. The SMILES string of the molecule is CCOC(=O)C1=C(C(=O)OCC)SC(=C2C(=S)C(C)(C)N(C(=O)c3cccc(F)c3)c3ccc(OC)cc32)S1. The number of halogens is 1. The van der Waals surface area contributed by atoms with Crippen LogP contribution in [-0.2, 0) is 19.1 Å². The average molecular weight is 588 g/mol. The van der Waals surface area contributed by atoms with E-state index in [1.807, 2.05) is 0 Å². The second kappa shape index (κ2) is 11.5. The lowest BCUT2D eigenvalue weighted by Crippen LogP contribution is -2.56. The van der Waals surface area contributed by atoms with Gasteiger partial charge in [-0.3, -0.25) is 9.69 Å². The molecule has 1 amide bonds. The van der Waals surface area contributed by atoms with Gasteiger partial charge in [0, 0.05) is 16.7 Å². The van der Waals surface area contributed by atoms with E-state index in [4.69, 9.17) is 26.4 Å². The van der Waals surface area contributed by atoms with Crippen molar-refractivity contribution < 1.29 is 33.0 Å². The maximum absolute atomic E-state index is 14.0. The molecule has 2 aromatic rings. The van der Waals surface area contributed by atoms with Gasteiger partial charge >= 0.3 is 11.9 Å². The summed E-state index contributed by atoms with van der Waals surface area (Å²) in [4.78, 5) is 41.6. The number of fused-ring (bicyclic) bond motifs is 1. The number of methoxy groups -OCH3 is 1. The highest BCUT2D eigenvalue weighted by atomic mass is 32.2. The highest BCUT2D eigenvalue weighted by molar-refractivity contribution is 8.29. The van der Waals surface area contributed by atoms with Gasteiger partial charge in [0.05, 0.1) is 40.7 Å². The van der Waals surface area contributed by atoms with E-state index in [-0.39, 0.29) is 28.6 Å². The predicted molar refractivity (Wildman–Crippen MR) is 155 cm³/mol. The molecular weight excluding hydrogens is 562 g/mol. The summed E-state index contributed by atoms with van der Waals surface area (Å²) in [5, 5.41) is 0. The van der Waals surface area contributed by atoms with Crippen LogP contribution in [0.1, 0.15) is 43.6 Å². The Labute approximate surface area is 239 Å². The molecular formula is C28H26FNO6S3. The Morgan fingerprint density at radius 3 is 2.13 bits per heavy atom. The second-order valence-corrected chi connectivity index (χ2v) is 11.6. The zero-order valence-electron chi connectivity index (χ0n) is 22.0. The Morgan fingerprint density at radius 1 is 0.974 bits per heavy atom. The summed E-state index contributed by atoms with van der Waals surface area (Å²) in [6.45, 7) is 7.24. The fraction of sp³-hybridized carbons (Fsp3) is 0.286. The smallest absolute Gasteiger partial charge is 0.346 e. The van der Waals surface area contributed by atoms with Crippen molar-refractivity contribution in [3.63, 3.8) is 0 Å². The van der Waals surface area contributed by atoms with Gasteiger partial charge < -0.3 is 14.2 Å². The molecule has 0 saturated carbocycles. The van der Waals surface area contributed by atoms with E-state index in [1.165, 1.54) is 25.3 Å². The number of carbonyl (C=O) groups is 3. The number of hydrogen-bond donors (Lipinski definition) is 0. The first-order valence-corrected chi connectivity index (χ1v) is 14.1. The van der Waals surface area contributed by atoms with Crippen LogP contribution >= 0.6 is 35.7 Å². The zero-order valence-corrected chi connectivity index (χ0v) is 24.4. The molecule has 0 aliphatic carbocycles. The molecule has 0 atom stereocenters. The van der Waals surface area contributed by atoms with Gasteiger partial charge in [-0.05, 0) is 64.1 Å². The van der Waals surface area contributed by atoms with E-state index in [9.17, 15) is 18.8 Å². The van der Waals surface area contributed by atoms with Crippen molar-refractivity contribution >= 4 is 69.7 Å². The lowest BCUT2D eigenvalue weighted by Gasteiger charge is -2.45. The first-order valence-electron chi connectivity index (χ1n) is 12.1. The molecule has 2 aromatic carbocycles. The highest BCUT2D eigenvalue weighted by Crippen LogP contribution is 2.56. The summed E-state index contributed by atoms with van der Waals surface area (Å²) in [6, 6.07) is 10.7. The third-order valence-electron chi connectivity index (χ3n) is 6.05. The Morgan fingerprint density at radius 2 is 1.59 bits per heavy atom. The standard InChI is InChI=1S/C28H26FNO6S3/c1-6-35-25(32)21-22(26(33)36-7-2)39-27(38-21)20-18-14-17(34-5)11-12-19(18)30(28(3,4)23(20)37)24(31)15-9-8-10-16(29)13-15/h8-14H,6-7H2,1-5H3. The van der Waals surface area contributed by atoms with Gasteiger partial charge in [-0.2, -0.15) is 0 Å². The van der Waals surface area contributed by atoms with Crippen LogP contribution < -0.4 is 9.64 Å². The Kier molecular flexibility index (Phi) is 8.53. The lowest BCUT2D eigenvalue weighted by molar-refractivity contribution is -0.140. The molecule has 0 spiro atoms. The molecule has 0 fully saturated rings. The zero-order chi connectivity index (χ0) is 28.5. The number of anilines is 1. The number of thioether (sulfide) groups is 2. The van der Waals surface area contributed by atoms with Gasteiger partial charge in [0.25, 0.3) is 5.91 Å². The van der Waals surface area contributed by atoms with E-state index in [1.54, 1.807) is 56.9 Å². The van der Waals surface area contributed by atoms with Crippen LogP contribution in [0.15, 0.2) is 56.5 Å². The van der Waals surface area contributed by atoms with Gasteiger partial charge in [0.1, 0.15) is 21.4 Å². The van der Waals surface area contributed by atoms with Crippen LogP contribution in [0.2, 0.25) is 0 Å². The largest absolute Gasteiger partial charge is 0.497 e. The minimum Gasteiger partial charge on any atom is -0.497 e. The van der Waals surface area contributed by atoms with E-state index in [0.717, 1.165) is 23.5 Å². The number of carbonyl (C=O) groups excluding carboxylic acids is 3. The molecule has 7 nitrogen and oxygen atoms in total. The third-order valence-corrected chi connectivity index (χ3v) is 9.31. The van der Waals surface area contributed by atoms with Crippen LogP contribution in [0.25, 0.3) is 5.57 Å². The molecule has 204 valence electrons. The van der Waals surface area contributed by atoms with Crippen LogP contribution in [0, 0.1) is 5.82 Å². The summed E-state index contributed by atoms with van der Waals surface area (Å²) >= 11 is 8.16. The number of ether oxygens (including phenoxy) is 3. The number of hydrogen-bond acceptors (Lipinski definition) is 9. The highest BCUT2D eigenvalue weighted by Gasteiger charge is 2.46. The third kappa shape index (κ3) is 5.35. The Bertz CT molecular complexity index is 1420. The molecule has 2 aliphatic rings. The molecule has 0 aromatic heterocycles. The molecule has 2 heterocycles. The summed E-state index contributed by atoms with van der Waals surface area (Å²) in [7, 11) is 1.52. The minimum absolute atomic E-state index is 0.117. The first-order chi connectivity index (χ1) is 18.5. The van der Waals surface area contributed by atoms with Crippen molar-refractivity contribution in [3.05, 3.63) is 73.5 Å². The van der Waals surface area contributed by atoms with Crippen LogP contribution in [-0.4, -0.2) is 48.6 Å². The maximum atomic E-state index is 14.0. The van der Waals surface area contributed by atoms with Crippen molar-refractivity contribution in [2.45, 2.75) is 33.2 Å².